The van der Waals surface area contributed by atoms with Crippen molar-refractivity contribution in [2.45, 2.75) is 19.8 Å². The third-order valence-electron chi connectivity index (χ3n) is 2.94. The summed E-state index contributed by atoms with van der Waals surface area (Å²) in [5.41, 5.74) is 0. The topological polar surface area (TPSA) is 29.0 Å². The predicted molar refractivity (Wildman–Crippen MR) is 62.0 cm³/mol. The zero-order valence-corrected chi connectivity index (χ0v) is 12.6. The van der Waals surface area contributed by atoms with Gasteiger partial charge in [0.2, 0.25) is 0 Å². The van der Waals surface area contributed by atoms with E-state index in [0.29, 0.717) is 5.15 Å². The molecule has 2 heterocycles. The van der Waals surface area contributed by atoms with Crippen LogP contribution in [-0.2, 0) is 0 Å². The van der Waals surface area contributed by atoms with E-state index in [9.17, 15) is 0 Å². The van der Waals surface area contributed by atoms with Gasteiger partial charge in [-0.1, -0.05) is 24.4 Å². The maximum atomic E-state index is 5.70. The Balaban J connectivity index is 0.00000128. The largest absolute Gasteiger partial charge is 1.00 e. The molecule has 0 spiro atoms. The summed E-state index contributed by atoms with van der Waals surface area (Å²) in [7, 11) is 0. The first-order valence-electron chi connectivity index (χ1n) is 5.31. The summed E-state index contributed by atoms with van der Waals surface area (Å²) in [6, 6.07) is 0. The van der Waals surface area contributed by atoms with Crippen LogP contribution >= 0.6 is 11.6 Å². The Bertz CT molecular complexity index is 310. The van der Waals surface area contributed by atoms with E-state index < -0.39 is 0 Å². The summed E-state index contributed by atoms with van der Waals surface area (Å²) in [4.78, 5) is 10.6. The van der Waals surface area contributed by atoms with Crippen molar-refractivity contribution < 1.29 is 29.6 Å². The first-order chi connectivity index (χ1) is 7.29. The summed E-state index contributed by atoms with van der Waals surface area (Å²) < 4.78 is 0. The molecular weight excluding hydrogens is 233 g/mol. The quantitative estimate of drug-likeness (QED) is 0.525. The molecule has 16 heavy (non-hydrogen) atoms. The molecule has 2 rings (SSSR count). The third-order valence-corrected chi connectivity index (χ3v) is 3.14. The molecule has 0 unspecified atom stereocenters. The van der Waals surface area contributed by atoms with E-state index in [-0.39, 0.29) is 29.6 Å². The van der Waals surface area contributed by atoms with Gasteiger partial charge in [-0.25, -0.2) is 9.97 Å². The van der Waals surface area contributed by atoms with Gasteiger partial charge < -0.3 is 11.3 Å². The van der Waals surface area contributed by atoms with Gasteiger partial charge in [0.05, 0.1) is 12.4 Å². The maximum absolute atomic E-state index is 5.70. The summed E-state index contributed by atoms with van der Waals surface area (Å²) in [5, 5.41) is 0.454. The molecular formula is C11H15ClN3Na. The van der Waals surface area contributed by atoms with Gasteiger partial charge in [-0.3, -0.25) is 0 Å². The van der Waals surface area contributed by atoms with Crippen LogP contribution in [0.2, 0.25) is 5.15 Å². The summed E-state index contributed by atoms with van der Waals surface area (Å²) in [6.45, 7) is 4.26. The van der Waals surface area contributed by atoms with E-state index in [4.69, 9.17) is 11.6 Å². The van der Waals surface area contributed by atoms with Crippen LogP contribution in [0.5, 0.6) is 0 Å². The minimum atomic E-state index is 0. The van der Waals surface area contributed by atoms with Gasteiger partial charge in [-0.2, -0.15) is 12.8 Å². The van der Waals surface area contributed by atoms with Crippen LogP contribution in [0.3, 0.4) is 0 Å². The molecule has 0 saturated carbocycles. The molecule has 82 valence electrons. The number of halogens is 1. The molecule has 3 nitrogen and oxygen atoms in total. The Morgan fingerprint density at radius 1 is 1.31 bits per heavy atom. The number of anilines is 1. The number of nitrogens with zero attached hydrogens (tertiary/aromatic N) is 3. The smallest absolute Gasteiger partial charge is 0.356 e. The van der Waals surface area contributed by atoms with Gasteiger partial charge in [0.15, 0.2) is 0 Å². The number of hydrogen-bond donors (Lipinski definition) is 0. The summed E-state index contributed by atoms with van der Waals surface area (Å²) in [5.74, 6) is 1.70. The zero-order chi connectivity index (χ0) is 10.7. The van der Waals surface area contributed by atoms with Crippen molar-refractivity contribution >= 4 is 17.4 Å². The van der Waals surface area contributed by atoms with E-state index in [2.05, 4.69) is 28.2 Å². The third kappa shape index (κ3) is 3.59. The van der Waals surface area contributed by atoms with Crippen LogP contribution in [-0.4, -0.2) is 23.1 Å². The second-order valence-corrected chi connectivity index (χ2v) is 4.24. The second kappa shape index (κ2) is 6.80. The minimum absolute atomic E-state index is 0. The first kappa shape index (κ1) is 14.2. The molecule has 0 aromatic carbocycles. The van der Waals surface area contributed by atoms with E-state index in [1.54, 1.807) is 12.4 Å². The van der Waals surface area contributed by atoms with Crippen LogP contribution in [0, 0.1) is 12.3 Å². The molecule has 0 radical (unpaired) electrons. The molecule has 1 aromatic heterocycles. The Kier molecular flexibility index (Phi) is 6.05. The number of aromatic nitrogens is 2. The van der Waals surface area contributed by atoms with Crippen molar-refractivity contribution in [2.75, 3.05) is 18.0 Å². The SMILES string of the molecule is C[CH-]C1CCN(c2cnc(Cl)cn2)CC1.[Na+]. The predicted octanol–water partition coefficient (Wildman–Crippen LogP) is -0.425. The molecule has 0 N–H and O–H groups in total. The second-order valence-electron chi connectivity index (χ2n) is 3.86. The van der Waals surface area contributed by atoms with E-state index >= 15 is 0 Å². The summed E-state index contributed by atoms with van der Waals surface area (Å²) in [6.07, 6.45) is 8.07. The number of piperidine rings is 1. The molecule has 0 aliphatic carbocycles. The van der Waals surface area contributed by atoms with Crippen LogP contribution in [0.15, 0.2) is 12.4 Å². The van der Waals surface area contributed by atoms with E-state index in [1.165, 1.54) is 12.8 Å². The fourth-order valence-corrected chi connectivity index (χ4v) is 2.03. The zero-order valence-electron chi connectivity index (χ0n) is 9.86. The normalized spacial score (nSPS) is 17.0. The molecule has 0 bridgehead atoms. The van der Waals surface area contributed by atoms with E-state index in [0.717, 1.165) is 24.8 Å². The molecule has 5 heteroatoms. The Labute approximate surface area is 124 Å². The molecule has 0 amide bonds. The Morgan fingerprint density at radius 2 is 2.00 bits per heavy atom. The molecule has 1 aromatic rings. The van der Waals surface area contributed by atoms with Crippen molar-refractivity contribution in [3.05, 3.63) is 24.0 Å². The van der Waals surface area contributed by atoms with Gasteiger partial charge in [0.1, 0.15) is 11.0 Å². The van der Waals surface area contributed by atoms with E-state index in [1.807, 2.05) is 0 Å². The molecule has 1 saturated heterocycles. The van der Waals surface area contributed by atoms with Gasteiger partial charge in [-0.15, -0.1) is 0 Å². The summed E-state index contributed by atoms with van der Waals surface area (Å²) >= 11 is 5.70. The number of hydrogen-bond acceptors (Lipinski definition) is 3. The van der Waals surface area contributed by atoms with Crippen LogP contribution in [0.1, 0.15) is 19.8 Å². The fraction of sp³-hybridized carbons (Fsp3) is 0.545. The van der Waals surface area contributed by atoms with Gasteiger partial charge in [0.25, 0.3) is 0 Å². The van der Waals surface area contributed by atoms with Gasteiger partial charge in [0, 0.05) is 13.1 Å². The Morgan fingerprint density at radius 3 is 2.50 bits per heavy atom. The molecule has 0 atom stereocenters. The monoisotopic (exact) mass is 247 g/mol. The van der Waals surface area contributed by atoms with Crippen molar-refractivity contribution in [3.63, 3.8) is 0 Å². The van der Waals surface area contributed by atoms with Crippen LogP contribution < -0.4 is 34.5 Å². The van der Waals surface area contributed by atoms with Gasteiger partial charge in [-0.05, 0) is 0 Å². The van der Waals surface area contributed by atoms with Crippen LogP contribution in [0.4, 0.5) is 5.82 Å². The molecule has 1 fully saturated rings. The minimum Gasteiger partial charge on any atom is -0.356 e. The van der Waals surface area contributed by atoms with Gasteiger partial charge >= 0.3 is 29.6 Å². The molecule has 1 aliphatic heterocycles. The maximum Gasteiger partial charge on any atom is 1.00 e. The molecule has 1 aliphatic rings. The van der Waals surface area contributed by atoms with Crippen molar-refractivity contribution in [1.29, 1.82) is 0 Å². The number of rotatable bonds is 2. The fourth-order valence-electron chi connectivity index (χ4n) is 1.93. The van der Waals surface area contributed by atoms with Crippen LogP contribution in [0.25, 0.3) is 0 Å². The average molecular weight is 248 g/mol. The van der Waals surface area contributed by atoms with Crippen molar-refractivity contribution in [2.24, 2.45) is 5.92 Å². The van der Waals surface area contributed by atoms with Crippen molar-refractivity contribution in [3.8, 4) is 0 Å². The van der Waals surface area contributed by atoms with Crippen molar-refractivity contribution in [1.82, 2.24) is 9.97 Å². The Hall–Kier alpha value is 0.170. The first-order valence-corrected chi connectivity index (χ1v) is 5.69. The standard InChI is InChI=1S/C11H15ClN3.Na/c1-2-9-3-5-15(6-4-9)11-8-13-10(12)7-14-11;/h2,7-9H,3-6H2,1H3;/q-1;+1. The average Bonchev–Trinajstić information content (AvgIpc) is 2.30.